The van der Waals surface area contributed by atoms with Crippen LogP contribution in [0.1, 0.15) is 28.5 Å². The third kappa shape index (κ3) is 2.99. The van der Waals surface area contributed by atoms with E-state index in [1.807, 2.05) is 0 Å². The van der Waals surface area contributed by atoms with Crippen molar-refractivity contribution in [1.82, 2.24) is 15.5 Å². The van der Waals surface area contributed by atoms with Gasteiger partial charge in [-0.1, -0.05) is 6.07 Å². The normalized spacial score (nSPS) is 13.3. The first-order chi connectivity index (χ1) is 10.6. The Labute approximate surface area is 127 Å². The van der Waals surface area contributed by atoms with Gasteiger partial charge in [0.1, 0.15) is 0 Å². The first-order valence-corrected chi connectivity index (χ1v) is 7.09. The van der Waals surface area contributed by atoms with Crippen LogP contribution < -0.4 is 16.0 Å². The summed E-state index contributed by atoms with van der Waals surface area (Å²) in [7, 11) is 0. The lowest BCUT2D eigenvalue weighted by Crippen LogP contribution is -2.24. The minimum Gasteiger partial charge on any atom is -0.326 e. The maximum Gasteiger partial charge on any atom is 0.256 e. The fourth-order valence-corrected chi connectivity index (χ4v) is 2.47. The maximum atomic E-state index is 12.3. The number of carbonyl (C=O) groups excluding carboxylic acids is 2. The Balaban J connectivity index is 1.77. The number of rotatable bonds is 3. The van der Waals surface area contributed by atoms with Gasteiger partial charge in [-0.05, 0) is 31.2 Å². The summed E-state index contributed by atoms with van der Waals surface area (Å²) >= 11 is 0. The topological polar surface area (TPSA) is 98.9 Å². The molecule has 0 radical (unpaired) electrons. The molecule has 114 valence electrons. The van der Waals surface area contributed by atoms with Crippen LogP contribution in [0.5, 0.6) is 0 Å². The van der Waals surface area contributed by atoms with Crippen molar-refractivity contribution < 1.29 is 9.59 Å². The summed E-state index contributed by atoms with van der Waals surface area (Å²) in [6, 6.07) is 6.79. The third-order valence-corrected chi connectivity index (χ3v) is 3.48. The highest BCUT2D eigenvalue weighted by Crippen LogP contribution is 2.21. The molecule has 0 saturated carbocycles. The molecule has 3 rings (SSSR count). The van der Waals surface area contributed by atoms with Crippen LogP contribution in [0.2, 0.25) is 0 Å². The molecule has 0 atom stereocenters. The largest absolute Gasteiger partial charge is 0.326 e. The highest BCUT2D eigenvalue weighted by atomic mass is 16.2. The Morgan fingerprint density at radius 2 is 2.14 bits per heavy atom. The lowest BCUT2D eigenvalue weighted by Gasteiger charge is -2.13. The van der Waals surface area contributed by atoms with E-state index in [2.05, 4.69) is 26.1 Å². The standard InChI is InChI=1S/C15H17N5O2/c1-9(21)17-11-4-2-3-10(7-11)15(22)18-14-12-5-6-16-8-13(12)19-20-14/h2-4,7,16H,5-6,8H2,1H3,(H,17,21)(H2,18,19,20,22). The van der Waals surface area contributed by atoms with Crippen molar-refractivity contribution >= 4 is 23.3 Å². The van der Waals surface area contributed by atoms with Crippen LogP contribution in [0.4, 0.5) is 11.5 Å². The molecule has 2 heterocycles. The van der Waals surface area contributed by atoms with Gasteiger partial charge in [0.15, 0.2) is 5.82 Å². The molecule has 0 spiro atoms. The number of amides is 2. The predicted octanol–water partition coefficient (Wildman–Crippen LogP) is 1.27. The van der Waals surface area contributed by atoms with Gasteiger partial charge in [0, 0.05) is 30.3 Å². The molecule has 4 N–H and O–H groups in total. The quantitative estimate of drug-likeness (QED) is 0.686. The number of aromatic nitrogens is 2. The van der Waals surface area contributed by atoms with Crippen LogP contribution in [0.15, 0.2) is 24.3 Å². The molecule has 2 amide bonds. The maximum absolute atomic E-state index is 12.3. The van der Waals surface area contributed by atoms with Gasteiger partial charge < -0.3 is 16.0 Å². The molecule has 0 unspecified atom stereocenters. The molecule has 1 aliphatic rings. The molecule has 7 nitrogen and oxygen atoms in total. The van der Waals surface area contributed by atoms with E-state index in [1.165, 1.54) is 6.92 Å². The van der Waals surface area contributed by atoms with E-state index in [-0.39, 0.29) is 11.8 Å². The molecule has 22 heavy (non-hydrogen) atoms. The Kier molecular flexibility index (Phi) is 3.88. The molecule has 0 saturated heterocycles. The van der Waals surface area contributed by atoms with E-state index in [0.29, 0.717) is 17.1 Å². The fraction of sp³-hybridized carbons (Fsp3) is 0.267. The van der Waals surface area contributed by atoms with Crippen molar-refractivity contribution in [2.24, 2.45) is 0 Å². The lowest BCUT2D eigenvalue weighted by molar-refractivity contribution is -0.114. The van der Waals surface area contributed by atoms with E-state index in [1.54, 1.807) is 24.3 Å². The van der Waals surface area contributed by atoms with Gasteiger partial charge in [-0.3, -0.25) is 14.7 Å². The molecular weight excluding hydrogens is 282 g/mol. The van der Waals surface area contributed by atoms with Crippen LogP contribution in [0, 0.1) is 0 Å². The van der Waals surface area contributed by atoms with Crippen molar-refractivity contribution in [3.05, 3.63) is 41.1 Å². The van der Waals surface area contributed by atoms with Crippen molar-refractivity contribution in [3.8, 4) is 0 Å². The monoisotopic (exact) mass is 299 g/mol. The molecule has 1 aromatic carbocycles. The first kappa shape index (κ1) is 14.3. The average molecular weight is 299 g/mol. The van der Waals surface area contributed by atoms with Gasteiger partial charge >= 0.3 is 0 Å². The summed E-state index contributed by atoms with van der Waals surface area (Å²) in [4.78, 5) is 23.4. The highest BCUT2D eigenvalue weighted by molar-refractivity contribution is 6.05. The average Bonchev–Trinajstić information content (AvgIpc) is 2.90. The van der Waals surface area contributed by atoms with Gasteiger partial charge in [-0.25, -0.2) is 0 Å². The van der Waals surface area contributed by atoms with Crippen LogP contribution >= 0.6 is 0 Å². The Bertz CT molecular complexity index is 722. The Morgan fingerprint density at radius 1 is 1.27 bits per heavy atom. The second-order valence-corrected chi connectivity index (χ2v) is 5.17. The van der Waals surface area contributed by atoms with E-state index in [0.717, 1.165) is 30.8 Å². The minimum absolute atomic E-state index is 0.175. The fourth-order valence-electron chi connectivity index (χ4n) is 2.47. The molecule has 0 fully saturated rings. The number of H-pyrrole nitrogens is 1. The van der Waals surface area contributed by atoms with E-state index in [4.69, 9.17) is 0 Å². The number of carbonyl (C=O) groups is 2. The van der Waals surface area contributed by atoms with Crippen molar-refractivity contribution in [3.63, 3.8) is 0 Å². The number of hydrogen-bond acceptors (Lipinski definition) is 4. The second-order valence-electron chi connectivity index (χ2n) is 5.17. The van der Waals surface area contributed by atoms with Crippen molar-refractivity contribution in [2.45, 2.75) is 19.9 Å². The number of anilines is 2. The highest BCUT2D eigenvalue weighted by Gasteiger charge is 2.18. The molecule has 7 heteroatoms. The van der Waals surface area contributed by atoms with Crippen molar-refractivity contribution in [1.29, 1.82) is 0 Å². The summed E-state index contributed by atoms with van der Waals surface area (Å²) in [5, 5.41) is 15.8. The second kappa shape index (κ2) is 5.98. The molecule has 1 aromatic heterocycles. The van der Waals surface area contributed by atoms with Crippen molar-refractivity contribution in [2.75, 3.05) is 17.2 Å². The number of hydrogen-bond donors (Lipinski definition) is 4. The number of nitrogens with one attached hydrogen (secondary N) is 4. The zero-order valence-electron chi connectivity index (χ0n) is 12.2. The SMILES string of the molecule is CC(=O)Nc1cccc(C(=O)Nc2n[nH]c3c2CCNC3)c1. The van der Waals surface area contributed by atoms with Crippen LogP contribution in [0.25, 0.3) is 0 Å². The molecule has 0 aliphatic carbocycles. The summed E-state index contributed by atoms with van der Waals surface area (Å²) in [6.45, 7) is 3.03. The zero-order chi connectivity index (χ0) is 15.5. The number of aromatic amines is 1. The Morgan fingerprint density at radius 3 is 2.95 bits per heavy atom. The summed E-state index contributed by atoms with van der Waals surface area (Å²) in [5.74, 6) is 0.151. The molecular formula is C15H17N5O2. The smallest absolute Gasteiger partial charge is 0.256 e. The van der Waals surface area contributed by atoms with Crippen LogP contribution in [0.3, 0.4) is 0 Å². The van der Waals surface area contributed by atoms with Crippen LogP contribution in [-0.2, 0) is 17.8 Å². The number of benzene rings is 1. The predicted molar refractivity (Wildman–Crippen MR) is 82.7 cm³/mol. The third-order valence-electron chi connectivity index (χ3n) is 3.48. The summed E-state index contributed by atoms with van der Waals surface area (Å²) in [5.41, 5.74) is 3.11. The summed E-state index contributed by atoms with van der Waals surface area (Å²) < 4.78 is 0. The first-order valence-electron chi connectivity index (χ1n) is 7.09. The van der Waals surface area contributed by atoms with Gasteiger partial charge in [0.25, 0.3) is 5.91 Å². The van der Waals surface area contributed by atoms with Gasteiger partial charge in [0.05, 0.1) is 5.69 Å². The van der Waals surface area contributed by atoms with Gasteiger partial charge in [0.2, 0.25) is 5.91 Å². The summed E-state index contributed by atoms with van der Waals surface area (Å²) in [6.07, 6.45) is 0.827. The van der Waals surface area contributed by atoms with Gasteiger partial charge in [-0.2, -0.15) is 5.10 Å². The molecule has 0 bridgehead atoms. The molecule has 1 aliphatic heterocycles. The molecule has 2 aromatic rings. The minimum atomic E-state index is -0.250. The number of nitrogens with zero attached hydrogens (tertiary/aromatic N) is 1. The van der Waals surface area contributed by atoms with E-state index in [9.17, 15) is 9.59 Å². The Hall–Kier alpha value is -2.67. The zero-order valence-corrected chi connectivity index (χ0v) is 12.2. The number of fused-ring (bicyclic) bond motifs is 1. The van der Waals surface area contributed by atoms with E-state index < -0.39 is 0 Å². The van der Waals surface area contributed by atoms with E-state index >= 15 is 0 Å². The lowest BCUT2D eigenvalue weighted by atomic mass is 10.1. The van der Waals surface area contributed by atoms with Crippen LogP contribution in [-0.4, -0.2) is 28.6 Å². The van der Waals surface area contributed by atoms with Gasteiger partial charge in [-0.15, -0.1) is 0 Å².